The van der Waals surface area contributed by atoms with Crippen molar-refractivity contribution in [2.75, 3.05) is 19.5 Å². The Morgan fingerprint density at radius 2 is 2.47 bits per heavy atom. The number of thioether (sulfide) groups is 1. The molecule has 2 rings (SSSR count). The highest BCUT2D eigenvalue weighted by Gasteiger charge is 2.22. The number of ether oxygens (including phenoxy) is 2. The van der Waals surface area contributed by atoms with Gasteiger partial charge in [0.1, 0.15) is 11.7 Å². The normalized spacial score (nSPS) is 15.5. The van der Waals surface area contributed by atoms with Crippen molar-refractivity contribution in [3.8, 4) is 18.2 Å². The summed E-state index contributed by atoms with van der Waals surface area (Å²) in [7, 11) is 0. The van der Waals surface area contributed by atoms with Gasteiger partial charge < -0.3 is 9.47 Å². The predicted octanol–water partition coefficient (Wildman–Crippen LogP) is 0.957. The number of terminal acetylenes is 1. The second-order valence-corrected chi connectivity index (χ2v) is 3.77. The Kier molecular flexibility index (Phi) is 3.09. The number of hydrogen-bond acceptors (Lipinski definition) is 5. The molecule has 4 nitrogen and oxygen atoms in total. The van der Waals surface area contributed by atoms with Crippen LogP contribution in [0.25, 0.3) is 0 Å². The van der Waals surface area contributed by atoms with Gasteiger partial charge in [0.2, 0.25) is 5.88 Å². The average Bonchev–Trinajstić information content (AvgIpc) is 2.23. The number of rotatable bonds is 3. The molecule has 0 unspecified atom stereocenters. The Labute approximate surface area is 92.4 Å². The molecule has 1 fully saturated rings. The van der Waals surface area contributed by atoms with E-state index >= 15 is 0 Å². The van der Waals surface area contributed by atoms with E-state index in [2.05, 4.69) is 15.9 Å². The third-order valence-corrected chi connectivity index (χ3v) is 2.52. The summed E-state index contributed by atoms with van der Waals surface area (Å²) in [5.74, 6) is 2.98. The smallest absolute Gasteiger partial charge is 0.234 e. The van der Waals surface area contributed by atoms with Gasteiger partial charge >= 0.3 is 0 Å². The molecule has 1 aliphatic heterocycles. The summed E-state index contributed by atoms with van der Waals surface area (Å²) >= 11 is 1.45. The van der Waals surface area contributed by atoms with Gasteiger partial charge in [-0.25, -0.2) is 4.98 Å². The molecular formula is C10H10N2O2S. The van der Waals surface area contributed by atoms with Crippen molar-refractivity contribution < 1.29 is 9.47 Å². The van der Waals surface area contributed by atoms with Crippen LogP contribution in [0.1, 0.15) is 5.56 Å². The van der Waals surface area contributed by atoms with E-state index in [9.17, 15) is 0 Å². The summed E-state index contributed by atoms with van der Waals surface area (Å²) in [6.45, 7) is 1.20. The standard InChI is InChI=1S/C10H10N2O2S/c1-3-7-4-11-10(15-2)12-9(7)14-8-5-13-6-8/h1,4,8H,5-6H2,2H3. The summed E-state index contributed by atoms with van der Waals surface area (Å²) in [5.41, 5.74) is 0.583. The highest BCUT2D eigenvalue weighted by molar-refractivity contribution is 7.98. The topological polar surface area (TPSA) is 44.2 Å². The van der Waals surface area contributed by atoms with Gasteiger partial charge in [-0.15, -0.1) is 6.42 Å². The monoisotopic (exact) mass is 222 g/mol. The maximum Gasteiger partial charge on any atom is 0.234 e. The highest BCUT2D eigenvalue weighted by Crippen LogP contribution is 2.20. The van der Waals surface area contributed by atoms with Gasteiger partial charge in [0.15, 0.2) is 5.16 Å². The quantitative estimate of drug-likeness (QED) is 0.433. The lowest BCUT2D eigenvalue weighted by molar-refractivity contribution is -0.0816. The molecule has 0 N–H and O–H groups in total. The first-order valence-corrected chi connectivity index (χ1v) is 5.68. The summed E-state index contributed by atoms with van der Waals surface area (Å²) in [5, 5.41) is 0.657. The molecule has 0 bridgehead atoms. The molecule has 0 saturated carbocycles. The van der Waals surface area contributed by atoms with Crippen molar-refractivity contribution in [1.82, 2.24) is 9.97 Å². The minimum Gasteiger partial charge on any atom is -0.468 e. The Hall–Kier alpha value is -1.25. The van der Waals surface area contributed by atoms with E-state index in [1.54, 1.807) is 6.20 Å². The largest absolute Gasteiger partial charge is 0.468 e. The van der Waals surface area contributed by atoms with Gasteiger partial charge in [0, 0.05) is 0 Å². The van der Waals surface area contributed by atoms with E-state index < -0.39 is 0 Å². The summed E-state index contributed by atoms with van der Waals surface area (Å²) in [4.78, 5) is 8.29. The molecule has 2 heterocycles. The van der Waals surface area contributed by atoms with E-state index in [1.807, 2.05) is 6.26 Å². The highest BCUT2D eigenvalue weighted by atomic mass is 32.2. The van der Waals surface area contributed by atoms with Crippen LogP contribution < -0.4 is 4.74 Å². The molecule has 0 aliphatic carbocycles. The number of nitrogens with zero attached hydrogens (tertiary/aromatic N) is 2. The lowest BCUT2D eigenvalue weighted by atomic mass is 10.3. The van der Waals surface area contributed by atoms with Crippen LogP contribution in [-0.2, 0) is 4.74 Å². The SMILES string of the molecule is C#Cc1cnc(SC)nc1OC1COC1. The molecule has 0 aromatic carbocycles. The molecule has 1 aliphatic rings. The minimum absolute atomic E-state index is 0.0710. The Morgan fingerprint density at radius 1 is 1.67 bits per heavy atom. The second kappa shape index (κ2) is 4.51. The molecule has 0 spiro atoms. The van der Waals surface area contributed by atoms with Crippen molar-refractivity contribution >= 4 is 11.8 Å². The zero-order valence-electron chi connectivity index (χ0n) is 8.27. The molecule has 0 radical (unpaired) electrons. The lowest BCUT2D eigenvalue weighted by Gasteiger charge is -2.26. The maximum absolute atomic E-state index is 5.58. The van der Waals surface area contributed by atoms with E-state index in [0.717, 1.165) is 0 Å². The third kappa shape index (κ3) is 2.22. The summed E-state index contributed by atoms with van der Waals surface area (Å²) in [6.07, 6.45) is 8.91. The van der Waals surface area contributed by atoms with Crippen LogP contribution in [0.2, 0.25) is 0 Å². The zero-order chi connectivity index (χ0) is 10.7. The zero-order valence-corrected chi connectivity index (χ0v) is 9.08. The first-order chi connectivity index (χ1) is 7.33. The fourth-order valence-electron chi connectivity index (χ4n) is 1.08. The van der Waals surface area contributed by atoms with Crippen LogP contribution in [0.3, 0.4) is 0 Å². The molecule has 1 saturated heterocycles. The molecule has 1 aromatic rings. The molecule has 78 valence electrons. The minimum atomic E-state index is 0.0710. The van der Waals surface area contributed by atoms with Crippen LogP contribution in [0.5, 0.6) is 5.88 Å². The fraction of sp³-hybridized carbons (Fsp3) is 0.400. The Morgan fingerprint density at radius 3 is 3.00 bits per heavy atom. The van der Waals surface area contributed by atoms with Gasteiger partial charge in [0.25, 0.3) is 0 Å². The molecule has 15 heavy (non-hydrogen) atoms. The van der Waals surface area contributed by atoms with Gasteiger partial charge in [-0.2, -0.15) is 4.98 Å². The van der Waals surface area contributed by atoms with E-state index in [0.29, 0.717) is 29.8 Å². The van der Waals surface area contributed by atoms with Crippen molar-refractivity contribution in [2.24, 2.45) is 0 Å². The molecule has 1 aromatic heterocycles. The van der Waals surface area contributed by atoms with Gasteiger partial charge in [-0.1, -0.05) is 17.7 Å². The van der Waals surface area contributed by atoms with E-state index in [-0.39, 0.29) is 6.10 Å². The first kappa shape index (κ1) is 10.3. The Balaban J connectivity index is 2.21. The van der Waals surface area contributed by atoms with E-state index in [4.69, 9.17) is 15.9 Å². The van der Waals surface area contributed by atoms with Gasteiger partial charge in [-0.3, -0.25) is 0 Å². The lowest BCUT2D eigenvalue weighted by Crippen LogP contribution is -2.39. The predicted molar refractivity (Wildman–Crippen MR) is 57.0 cm³/mol. The number of aromatic nitrogens is 2. The van der Waals surface area contributed by atoms with Crippen LogP contribution in [0.4, 0.5) is 0 Å². The van der Waals surface area contributed by atoms with Crippen molar-refractivity contribution in [3.05, 3.63) is 11.8 Å². The summed E-state index contributed by atoms with van der Waals surface area (Å²) < 4.78 is 10.6. The van der Waals surface area contributed by atoms with Crippen LogP contribution in [-0.4, -0.2) is 35.5 Å². The molecule has 5 heteroatoms. The average molecular weight is 222 g/mol. The van der Waals surface area contributed by atoms with Gasteiger partial charge in [-0.05, 0) is 6.26 Å². The molecule has 0 atom stereocenters. The Bertz CT molecular complexity index is 399. The van der Waals surface area contributed by atoms with Crippen LogP contribution in [0, 0.1) is 12.3 Å². The second-order valence-electron chi connectivity index (χ2n) is 3.00. The third-order valence-electron chi connectivity index (χ3n) is 1.96. The molecule has 0 amide bonds. The van der Waals surface area contributed by atoms with E-state index in [1.165, 1.54) is 11.8 Å². The van der Waals surface area contributed by atoms with Gasteiger partial charge in [0.05, 0.1) is 19.4 Å². The first-order valence-electron chi connectivity index (χ1n) is 4.45. The van der Waals surface area contributed by atoms with Crippen molar-refractivity contribution in [3.63, 3.8) is 0 Å². The number of hydrogen-bond donors (Lipinski definition) is 0. The molecular weight excluding hydrogens is 212 g/mol. The van der Waals surface area contributed by atoms with Crippen molar-refractivity contribution in [2.45, 2.75) is 11.3 Å². The summed E-state index contributed by atoms with van der Waals surface area (Å²) in [6, 6.07) is 0. The maximum atomic E-state index is 5.58. The van der Waals surface area contributed by atoms with Crippen molar-refractivity contribution in [1.29, 1.82) is 0 Å². The van der Waals surface area contributed by atoms with Crippen LogP contribution >= 0.6 is 11.8 Å². The van der Waals surface area contributed by atoms with Crippen LogP contribution in [0.15, 0.2) is 11.4 Å². The fourth-order valence-corrected chi connectivity index (χ4v) is 1.41.